The topological polar surface area (TPSA) is 60.4 Å². The highest BCUT2D eigenvalue weighted by molar-refractivity contribution is 8.14. The molecule has 0 bridgehead atoms. The van der Waals surface area contributed by atoms with Crippen molar-refractivity contribution in [2.45, 2.75) is 0 Å². The van der Waals surface area contributed by atoms with Gasteiger partial charge in [0, 0.05) is 17.9 Å². The summed E-state index contributed by atoms with van der Waals surface area (Å²) < 4.78 is 15.8. The summed E-state index contributed by atoms with van der Waals surface area (Å²) in [4.78, 5) is 17.1. The summed E-state index contributed by atoms with van der Waals surface area (Å²) in [6.45, 7) is 0.717. The molecule has 7 heteroatoms. The van der Waals surface area contributed by atoms with Crippen molar-refractivity contribution in [2.24, 2.45) is 4.99 Å². The van der Waals surface area contributed by atoms with Gasteiger partial charge in [0.1, 0.15) is 0 Å². The first-order valence-electron chi connectivity index (χ1n) is 5.97. The number of hydrogen-bond donors (Lipinski definition) is 0. The Kier molecular flexibility index (Phi) is 4.73. The SMILES string of the molecule is COc1cc(N(C=O)C2=NCCS2)cc(OC)c1OC. The molecule has 1 aliphatic rings. The lowest BCUT2D eigenvalue weighted by atomic mass is 10.2. The normalized spacial score (nSPS) is 13.7. The first-order chi connectivity index (χ1) is 9.74. The van der Waals surface area contributed by atoms with Crippen molar-refractivity contribution in [3.05, 3.63) is 12.1 Å². The quantitative estimate of drug-likeness (QED) is 0.775. The lowest BCUT2D eigenvalue weighted by Gasteiger charge is -2.20. The molecule has 1 aromatic rings. The second kappa shape index (κ2) is 6.51. The summed E-state index contributed by atoms with van der Waals surface area (Å²) in [5.74, 6) is 2.37. The molecule has 0 spiro atoms. The van der Waals surface area contributed by atoms with Crippen LogP contribution in [0.4, 0.5) is 5.69 Å². The predicted molar refractivity (Wildman–Crippen MR) is 79.4 cm³/mol. The van der Waals surface area contributed by atoms with Crippen molar-refractivity contribution in [2.75, 3.05) is 38.5 Å². The first-order valence-corrected chi connectivity index (χ1v) is 6.95. The molecule has 1 aliphatic heterocycles. The maximum atomic E-state index is 11.4. The van der Waals surface area contributed by atoms with Gasteiger partial charge in [-0.3, -0.25) is 14.7 Å². The van der Waals surface area contributed by atoms with Crippen LogP contribution in [0.3, 0.4) is 0 Å². The maximum absolute atomic E-state index is 11.4. The molecule has 1 aromatic carbocycles. The highest BCUT2D eigenvalue weighted by Crippen LogP contribution is 2.41. The van der Waals surface area contributed by atoms with Gasteiger partial charge in [0.05, 0.1) is 33.6 Å². The lowest BCUT2D eigenvalue weighted by Crippen LogP contribution is -2.25. The first kappa shape index (κ1) is 14.5. The van der Waals surface area contributed by atoms with E-state index in [1.54, 1.807) is 12.1 Å². The monoisotopic (exact) mass is 296 g/mol. The zero-order valence-corrected chi connectivity index (χ0v) is 12.4. The van der Waals surface area contributed by atoms with Gasteiger partial charge in [0.25, 0.3) is 0 Å². The molecule has 0 atom stereocenters. The second-order valence-corrected chi connectivity index (χ2v) is 4.93. The zero-order chi connectivity index (χ0) is 14.5. The minimum atomic E-state index is 0.491. The van der Waals surface area contributed by atoms with Gasteiger partial charge in [-0.2, -0.15) is 0 Å². The van der Waals surface area contributed by atoms with Gasteiger partial charge in [-0.15, -0.1) is 0 Å². The van der Waals surface area contributed by atoms with E-state index in [-0.39, 0.29) is 0 Å². The van der Waals surface area contributed by atoms with Gasteiger partial charge in [-0.1, -0.05) is 11.8 Å². The summed E-state index contributed by atoms with van der Waals surface area (Å²) in [5, 5.41) is 0.675. The molecule has 20 heavy (non-hydrogen) atoms. The zero-order valence-electron chi connectivity index (χ0n) is 11.6. The lowest BCUT2D eigenvalue weighted by molar-refractivity contribution is -0.106. The molecule has 0 fully saturated rings. The van der Waals surface area contributed by atoms with Crippen LogP contribution >= 0.6 is 11.8 Å². The van der Waals surface area contributed by atoms with E-state index >= 15 is 0 Å². The van der Waals surface area contributed by atoms with Crippen LogP contribution in [0.2, 0.25) is 0 Å². The van der Waals surface area contributed by atoms with Crippen LogP contribution in [0.25, 0.3) is 0 Å². The summed E-state index contributed by atoms with van der Waals surface area (Å²) in [5.41, 5.74) is 0.627. The van der Waals surface area contributed by atoms with Crippen LogP contribution in [0.1, 0.15) is 0 Å². The Morgan fingerprint density at radius 1 is 1.20 bits per heavy atom. The fourth-order valence-corrected chi connectivity index (χ4v) is 2.73. The van der Waals surface area contributed by atoms with Crippen molar-refractivity contribution in [3.63, 3.8) is 0 Å². The number of amidine groups is 1. The molecule has 0 saturated heterocycles. The van der Waals surface area contributed by atoms with Crippen LogP contribution in [-0.4, -0.2) is 45.2 Å². The summed E-state index contributed by atoms with van der Waals surface area (Å²) in [6.07, 6.45) is 0.734. The van der Waals surface area contributed by atoms with E-state index in [4.69, 9.17) is 14.2 Å². The molecule has 0 aromatic heterocycles. The Morgan fingerprint density at radius 3 is 2.25 bits per heavy atom. The third-order valence-electron chi connectivity index (χ3n) is 2.81. The molecule has 1 amide bonds. The van der Waals surface area contributed by atoms with E-state index in [9.17, 15) is 4.79 Å². The molecule has 0 aliphatic carbocycles. The van der Waals surface area contributed by atoms with Gasteiger partial charge in [0.2, 0.25) is 12.2 Å². The molecule has 1 heterocycles. The smallest absolute Gasteiger partial charge is 0.220 e. The highest BCUT2D eigenvalue weighted by atomic mass is 32.2. The van der Waals surface area contributed by atoms with Crippen molar-refractivity contribution in [3.8, 4) is 17.2 Å². The Balaban J connectivity index is 2.47. The minimum absolute atomic E-state index is 0.491. The standard InChI is InChI=1S/C13H16N2O4S/c1-17-10-6-9(7-11(18-2)12(10)19-3)15(8-16)13-14-4-5-20-13/h6-8H,4-5H2,1-3H3. The molecule has 108 valence electrons. The van der Waals surface area contributed by atoms with E-state index in [0.717, 1.165) is 18.7 Å². The molecule has 0 radical (unpaired) electrons. The average molecular weight is 296 g/mol. The van der Waals surface area contributed by atoms with Gasteiger partial charge >= 0.3 is 0 Å². The average Bonchev–Trinajstić information content (AvgIpc) is 3.00. The van der Waals surface area contributed by atoms with E-state index < -0.39 is 0 Å². The Hall–Kier alpha value is -1.89. The van der Waals surface area contributed by atoms with E-state index in [2.05, 4.69) is 4.99 Å². The number of anilines is 1. The third-order valence-corrected chi connectivity index (χ3v) is 3.78. The molecule has 0 unspecified atom stereocenters. The molecular weight excluding hydrogens is 280 g/mol. The van der Waals surface area contributed by atoms with Crippen LogP contribution in [0, 0.1) is 0 Å². The van der Waals surface area contributed by atoms with Gasteiger partial charge in [-0.25, -0.2) is 0 Å². The van der Waals surface area contributed by atoms with Gasteiger partial charge in [0.15, 0.2) is 16.7 Å². The number of carbonyl (C=O) groups excluding carboxylic acids is 1. The summed E-state index contributed by atoms with van der Waals surface area (Å²) >= 11 is 1.54. The molecular formula is C13H16N2O4S. The fourth-order valence-electron chi connectivity index (χ4n) is 1.89. The Labute approximate surface area is 121 Å². The van der Waals surface area contributed by atoms with Gasteiger partial charge in [-0.05, 0) is 0 Å². The molecule has 0 saturated carbocycles. The Bertz CT molecular complexity index is 508. The van der Waals surface area contributed by atoms with Gasteiger partial charge < -0.3 is 14.2 Å². The van der Waals surface area contributed by atoms with Crippen molar-refractivity contribution < 1.29 is 19.0 Å². The summed E-state index contributed by atoms with van der Waals surface area (Å²) in [7, 11) is 4.61. The number of ether oxygens (including phenoxy) is 3. The third kappa shape index (κ3) is 2.67. The van der Waals surface area contributed by atoms with Crippen molar-refractivity contribution >= 4 is 29.0 Å². The number of aliphatic imine (C=N–C) groups is 1. The second-order valence-electron chi connectivity index (χ2n) is 3.87. The fraction of sp³-hybridized carbons (Fsp3) is 0.385. The minimum Gasteiger partial charge on any atom is -0.493 e. The van der Waals surface area contributed by atoms with Crippen LogP contribution < -0.4 is 19.1 Å². The number of carbonyl (C=O) groups is 1. The van der Waals surface area contributed by atoms with Crippen LogP contribution in [-0.2, 0) is 4.79 Å². The highest BCUT2D eigenvalue weighted by Gasteiger charge is 2.21. The van der Waals surface area contributed by atoms with E-state index in [1.165, 1.54) is 38.0 Å². The summed E-state index contributed by atoms with van der Waals surface area (Å²) in [6, 6.07) is 3.44. The number of methoxy groups -OCH3 is 3. The van der Waals surface area contributed by atoms with E-state index in [1.807, 2.05) is 0 Å². The predicted octanol–water partition coefficient (Wildman–Crippen LogP) is 1.78. The number of nitrogens with zero attached hydrogens (tertiary/aromatic N) is 2. The Morgan fingerprint density at radius 2 is 1.85 bits per heavy atom. The van der Waals surface area contributed by atoms with E-state index in [0.29, 0.717) is 28.1 Å². The van der Waals surface area contributed by atoms with Crippen LogP contribution in [0.15, 0.2) is 17.1 Å². The number of rotatable bonds is 5. The molecule has 6 nitrogen and oxygen atoms in total. The van der Waals surface area contributed by atoms with Crippen molar-refractivity contribution in [1.29, 1.82) is 0 Å². The number of hydrogen-bond acceptors (Lipinski definition) is 6. The van der Waals surface area contributed by atoms with Crippen molar-refractivity contribution in [1.82, 2.24) is 0 Å². The largest absolute Gasteiger partial charge is 0.493 e. The number of thioether (sulfide) groups is 1. The maximum Gasteiger partial charge on any atom is 0.220 e. The number of benzene rings is 1. The van der Waals surface area contributed by atoms with Crippen LogP contribution in [0.5, 0.6) is 17.2 Å². The molecule has 0 N–H and O–H groups in total. The number of amides is 1. The molecule has 2 rings (SSSR count).